The molecule has 2 aromatic rings. The number of amides is 1. The maximum absolute atomic E-state index is 12.3. The highest BCUT2D eigenvalue weighted by atomic mass is 16.5. The van der Waals surface area contributed by atoms with E-state index in [1.165, 1.54) is 0 Å². The van der Waals surface area contributed by atoms with E-state index >= 15 is 0 Å². The molecular formula is C19H21NO3. The number of rotatable bonds is 5. The summed E-state index contributed by atoms with van der Waals surface area (Å²) in [5.41, 5.74) is 2.58. The first kappa shape index (κ1) is 15.6. The Bertz CT molecular complexity index is 684. The van der Waals surface area contributed by atoms with Crippen LogP contribution in [0.1, 0.15) is 40.9 Å². The van der Waals surface area contributed by atoms with E-state index in [2.05, 4.69) is 5.32 Å². The van der Waals surface area contributed by atoms with E-state index in [9.17, 15) is 9.90 Å². The van der Waals surface area contributed by atoms with Crippen molar-refractivity contribution in [1.29, 1.82) is 0 Å². The molecule has 0 saturated heterocycles. The van der Waals surface area contributed by atoms with Gasteiger partial charge in [-0.1, -0.05) is 30.3 Å². The van der Waals surface area contributed by atoms with Crippen molar-refractivity contribution in [2.75, 3.05) is 6.61 Å². The van der Waals surface area contributed by atoms with Crippen LogP contribution in [0.2, 0.25) is 0 Å². The molecule has 0 radical (unpaired) electrons. The van der Waals surface area contributed by atoms with Crippen LogP contribution in [-0.2, 0) is 6.42 Å². The zero-order valence-electron chi connectivity index (χ0n) is 13.2. The molecule has 2 aromatic carbocycles. The van der Waals surface area contributed by atoms with Crippen LogP contribution in [0.4, 0.5) is 0 Å². The minimum absolute atomic E-state index is 0.118. The first-order valence-corrected chi connectivity index (χ1v) is 7.93. The van der Waals surface area contributed by atoms with Crippen LogP contribution in [0.5, 0.6) is 5.75 Å². The van der Waals surface area contributed by atoms with Crippen LogP contribution in [0.3, 0.4) is 0 Å². The van der Waals surface area contributed by atoms with Gasteiger partial charge in [0.05, 0.1) is 12.7 Å². The molecule has 0 bridgehead atoms. The Morgan fingerprint density at radius 1 is 1.26 bits per heavy atom. The maximum Gasteiger partial charge on any atom is 0.251 e. The van der Waals surface area contributed by atoms with Crippen molar-refractivity contribution in [1.82, 2.24) is 5.32 Å². The molecule has 4 nitrogen and oxygen atoms in total. The molecule has 2 unspecified atom stereocenters. The minimum atomic E-state index is -0.583. The van der Waals surface area contributed by atoms with Crippen molar-refractivity contribution in [3.63, 3.8) is 0 Å². The van der Waals surface area contributed by atoms with Crippen molar-refractivity contribution in [2.24, 2.45) is 0 Å². The van der Waals surface area contributed by atoms with E-state index in [-0.39, 0.29) is 11.9 Å². The smallest absolute Gasteiger partial charge is 0.251 e. The van der Waals surface area contributed by atoms with Crippen molar-refractivity contribution >= 4 is 5.91 Å². The third-order valence-electron chi connectivity index (χ3n) is 4.09. The summed E-state index contributed by atoms with van der Waals surface area (Å²) in [6.07, 6.45) is 0.739. The summed E-state index contributed by atoms with van der Waals surface area (Å²) in [5, 5.41) is 13.2. The normalized spacial score (nSPS) is 15.4. The first-order valence-electron chi connectivity index (χ1n) is 7.93. The molecule has 1 heterocycles. The predicted molar refractivity (Wildman–Crippen MR) is 88.6 cm³/mol. The summed E-state index contributed by atoms with van der Waals surface area (Å²) in [5.74, 6) is 0.751. The van der Waals surface area contributed by atoms with Gasteiger partial charge in [0.2, 0.25) is 0 Å². The van der Waals surface area contributed by atoms with Crippen LogP contribution < -0.4 is 10.1 Å². The fourth-order valence-corrected chi connectivity index (χ4v) is 2.84. The fraction of sp³-hybridized carbons (Fsp3) is 0.316. The van der Waals surface area contributed by atoms with Crippen molar-refractivity contribution < 1.29 is 14.6 Å². The van der Waals surface area contributed by atoms with Gasteiger partial charge in [0, 0.05) is 18.0 Å². The molecule has 120 valence electrons. The quantitative estimate of drug-likeness (QED) is 0.892. The Hall–Kier alpha value is -2.33. The molecule has 4 heteroatoms. The third-order valence-corrected chi connectivity index (χ3v) is 4.09. The molecular weight excluding hydrogens is 290 g/mol. The number of hydrogen-bond donors (Lipinski definition) is 2. The number of carbonyl (C=O) groups excluding carboxylic acids is 1. The molecule has 3 rings (SSSR count). The molecule has 2 atom stereocenters. The van der Waals surface area contributed by atoms with Crippen molar-refractivity contribution in [3.05, 3.63) is 65.2 Å². The Morgan fingerprint density at radius 2 is 2.04 bits per heavy atom. The SMILES string of the molecule is CC(CC(O)c1ccccc1)NC(=O)c1ccc2c(c1)CCO2. The average molecular weight is 311 g/mol. The van der Waals surface area contributed by atoms with E-state index in [1.807, 2.05) is 49.4 Å². The summed E-state index contributed by atoms with van der Waals surface area (Å²) >= 11 is 0. The zero-order valence-corrected chi connectivity index (χ0v) is 13.2. The topological polar surface area (TPSA) is 58.6 Å². The molecule has 0 spiro atoms. The van der Waals surface area contributed by atoms with Gasteiger partial charge in [-0.2, -0.15) is 0 Å². The van der Waals surface area contributed by atoms with E-state index in [1.54, 1.807) is 6.07 Å². The largest absolute Gasteiger partial charge is 0.493 e. The molecule has 1 aliphatic rings. The molecule has 1 amide bonds. The van der Waals surface area contributed by atoms with Crippen molar-refractivity contribution in [2.45, 2.75) is 31.9 Å². The van der Waals surface area contributed by atoms with Gasteiger partial charge in [-0.05, 0) is 42.7 Å². The molecule has 0 aromatic heterocycles. The monoisotopic (exact) mass is 311 g/mol. The lowest BCUT2D eigenvalue weighted by atomic mass is 10.0. The highest BCUT2D eigenvalue weighted by molar-refractivity contribution is 5.94. The first-order chi connectivity index (χ1) is 11.1. The molecule has 0 aliphatic carbocycles. The second-order valence-corrected chi connectivity index (χ2v) is 5.96. The molecule has 0 fully saturated rings. The summed E-state index contributed by atoms with van der Waals surface area (Å²) in [4.78, 5) is 12.3. The van der Waals surface area contributed by atoms with Crippen LogP contribution in [-0.4, -0.2) is 23.7 Å². The van der Waals surface area contributed by atoms with Gasteiger partial charge < -0.3 is 15.2 Å². The lowest BCUT2D eigenvalue weighted by Crippen LogP contribution is -2.33. The standard InChI is InChI=1S/C19H21NO3/c1-13(11-17(21)14-5-3-2-4-6-14)20-19(22)16-7-8-18-15(12-16)9-10-23-18/h2-8,12-13,17,21H,9-11H2,1H3,(H,20,22). The van der Waals surface area contributed by atoms with E-state index in [0.29, 0.717) is 18.6 Å². The van der Waals surface area contributed by atoms with Gasteiger partial charge in [-0.25, -0.2) is 0 Å². The predicted octanol–water partition coefficient (Wildman–Crippen LogP) is 2.86. The van der Waals surface area contributed by atoms with Crippen LogP contribution in [0.15, 0.2) is 48.5 Å². The highest BCUT2D eigenvalue weighted by Crippen LogP contribution is 2.26. The summed E-state index contributed by atoms with van der Waals surface area (Å²) in [7, 11) is 0. The number of fused-ring (bicyclic) bond motifs is 1. The van der Waals surface area contributed by atoms with Gasteiger partial charge >= 0.3 is 0 Å². The van der Waals surface area contributed by atoms with E-state index in [0.717, 1.165) is 23.3 Å². The maximum atomic E-state index is 12.3. The van der Waals surface area contributed by atoms with Gasteiger partial charge in [0.25, 0.3) is 5.91 Å². The number of ether oxygens (including phenoxy) is 1. The number of benzene rings is 2. The number of aliphatic hydroxyl groups is 1. The molecule has 2 N–H and O–H groups in total. The fourth-order valence-electron chi connectivity index (χ4n) is 2.84. The molecule has 23 heavy (non-hydrogen) atoms. The number of nitrogens with one attached hydrogen (secondary N) is 1. The second kappa shape index (κ2) is 6.84. The van der Waals surface area contributed by atoms with Gasteiger partial charge in [-0.15, -0.1) is 0 Å². The van der Waals surface area contributed by atoms with Crippen LogP contribution in [0.25, 0.3) is 0 Å². The average Bonchev–Trinajstić information content (AvgIpc) is 3.03. The van der Waals surface area contributed by atoms with Gasteiger partial charge in [0.1, 0.15) is 5.75 Å². The Kier molecular flexibility index (Phi) is 4.63. The lowest BCUT2D eigenvalue weighted by molar-refractivity contribution is 0.0917. The van der Waals surface area contributed by atoms with Crippen LogP contribution >= 0.6 is 0 Å². The summed E-state index contributed by atoms with van der Waals surface area (Å²) in [6.45, 7) is 2.58. The second-order valence-electron chi connectivity index (χ2n) is 5.96. The van der Waals surface area contributed by atoms with E-state index < -0.39 is 6.10 Å². The van der Waals surface area contributed by atoms with E-state index in [4.69, 9.17) is 4.74 Å². The zero-order chi connectivity index (χ0) is 16.2. The minimum Gasteiger partial charge on any atom is -0.493 e. The van der Waals surface area contributed by atoms with Gasteiger partial charge in [0.15, 0.2) is 0 Å². The van der Waals surface area contributed by atoms with Gasteiger partial charge in [-0.3, -0.25) is 4.79 Å². The highest BCUT2D eigenvalue weighted by Gasteiger charge is 2.18. The number of aliphatic hydroxyl groups excluding tert-OH is 1. The lowest BCUT2D eigenvalue weighted by Gasteiger charge is -2.18. The molecule has 0 saturated carbocycles. The number of carbonyl (C=O) groups is 1. The Labute approximate surface area is 136 Å². The van der Waals surface area contributed by atoms with Crippen molar-refractivity contribution in [3.8, 4) is 5.75 Å². The summed E-state index contributed by atoms with van der Waals surface area (Å²) in [6, 6.07) is 14.9. The summed E-state index contributed by atoms with van der Waals surface area (Å²) < 4.78 is 5.45. The number of hydrogen-bond acceptors (Lipinski definition) is 3. The third kappa shape index (κ3) is 3.71. The molecule has 1 aliphatic heterocycles. The Balaban J connectivity index is 1.59. The van der Waals surface area contributed by atoms with Crippen LogP contribution in [0, 0.1) is 0 Å². The Morgan fingerprint density at radius 3 is 2.83 bits per heavy atom.